The Bertz CT molecular complexity index is 907. The first-order chi connectivity index (χ1) is 11.4. The van der Waals surface area contributed by atoms with Gasteiger partial charge in [-0.05, 0) is 62.7 Å². The van der Waals surface area contributed by atoms with Gasteiger partial charge in [-0.3, -0.25) is 0 Å². The van der Waals surface area contributed by atoms with Gasteiger partial charge in [0.15, 0.2) is 0 Å². The number of carboxylic acid groups (broad SMARTS) is 1. The molecule has 0 fully saturated rings. The Hall–Kier alpha value is -2.82. The van der Waals surface area contributed by atoms with Crippen LogP contribution in [-0.4, -0.2) is 17.2 Å². The largest absolute Gasteiger partial charge is 0.491 e. The van der Waals surface area contributed by atoms with Crippen molar-refractivity contribution in [2.45, 2.75) is 26.9 Å². The van der Waals surface area contributed by atoms with Crippen LogP contribution in [0.4, 0.5) is 4.39 Å². The third-order valence-corrected chi connectivity index (χ3v) is 3.64. The van der Waals surface area contributed by atoms with Crippen LogP contribution < -0.4 is 4.74 Å². The van der Waals surface area contributed by atoms with Crippen molar-refractivity contribution in [2.75, 3.05) is 0 Å². The first kappa shape index (κ1) is 16.1. The van der Waals surface area contributed by atoms with Crippen molar-refractivity contribution < 1.29 is 23.4 Å². The molecule has 0 aliphatic carbocycles. The molecule has 4 nitrogen and oxygen atoms in total. The van der Waals surface area contributed by atoms with Crippen molar-refractivity contribution in [3.63, 3.8) is 0 Å². The third-order valence-electron chi connectivity index (χ3n) is 3.64. The molecule has 0 aliphatic heterocycles. The molecule has 3 aromatic rings. The van der Waals surface area contributed by atoms with Gasteiger partial charge in [-0.2, -0.15) is 0 Å². The number of fused-ring (bicyclic) bond motifs is 1. The van der Waals surface area contributed by atoms with Gasteiger partial charge in [-0.1, -0.05) is 0 Å². The number of halogens is 1. The molecule has 0 atom stereocenters. The number of hydrogen-bond acceptors (Lipinski definition) is 3. The maximum absolute atomic E-state index is 13.1. The van der Waals surface area contributed by atoms with E-state index in [4.69, 9.17) is 9.15 Å². The summed E-state index contributed by atoms with van der Waals surface area (Å²) in [6, 6.07) is 9.03. The average Bonchev–Trinajstić information content (AvgIpc) is 2.87. The van der Waals surface area contributed by atoms with Crippen LogP contribution in [0.2, 0.25) is 0 Å². The number of aromatic carboxylic acids is 1. The van der Waals surface area contributed by atoms with Crippen molar-refractivity contribution >= 4 is 16.9 Å². The Kier molecular flexibility index (Phi) is 4.01. The van der Waals surface area contributed by atoms with Crippen molar-refractivity contribution in [1.82, 2.24) is 0 Å². The van der Waals surface area contributed by atoms with Gasteiger partial charge in [-0.15, -0.1) is 0 Å². The van der Waals surface area contributed by atoms with E-state index in [1.807, 2.05) is 26.8 Å². The maximum Gasteiger partial charge on any atom is 0.340 e. The number of hydrogen-bond donors (Lipinski definition) is 1. The number of benzene rings is 2. The minimum atomic E-state index is -1.10. The van der Waals surface area contributed by atoms with Crippen LogP contribution in [0, 0.1) is 12.7 Å². The number of carboxylic acids is 1. The van der Waals surface area contributed by atoms with E-state index in [-0.39, 0.29) is 17.4 Å². The zero-order valence-corrected chi connectivity index (χ0v) is 13.6. The Morgan fingerprint density at radius 2 is 1.88 bits per heavy atom. The van der Waals surface area contributed by atoms with Crippen LogP contribution in [0.1, 0.15) is 29.8 Å². The summed E-state index contributed by atoms with van der Waals surface area (Å²) < 4.78 is 24.6. The van der Waals surface area contributed by atoms with Crippen LogP contribution in [0.15, 0.2) is 40.8 Å². The summed E-state index contributed by atoms with van der Waals surface area (Å²) in [4.78, 5) is 11.8. The highest BCUT2D eigenvalue weighted by Gasteiger charge is 2.23. The number of rotatable bonds is 4. The molecule has 124 valence electrons. The van der Waals surface area contributed by atoms with Gasteiger partial charge in [0.2, 0.25) is 0 Å². The fraction of sp³-hybridized carbons (Fsp3) is 0.211. The van der Waals surface area contributed by atoms with Gasteiger partial charge in [0, 0.05) is 10.9 Å². The highest BCUT2D eigenvalue weighted by atomic mass is 19.1. The van der Waals surface area contributed by atoms with E-state index in [2.05, 4.69) is 0 Å². The summed E-state index contributed by atoms with van der Waals surface area (Å²) in [7, 11) is 0. The molecule has 0 amide bonds. The lowest BCUT2D eigenvalue weighted by Gasteiger charge is -2.10. The number of ether oxygens (including phenoxy) is 1. The molecule has 0 aliphatic rings. The standard InChI is InChI=1S/C19H17FO4/c1-10(2)23-14-8-11(3)17-15(9-14)16(19(21)22)18(24-17)12-4-6-13(20)7-5-12/h4-10H,1-3H3,(H,21,22). The molecule has 1 aromatic heterocycles. The lowest BCUT2D eigenvalue weighted by molar-refractivity contribution is 0.0699. The second-order valence-corrected chi connectivity index (χ2v) is 5.90. The minimum Gasteiger partial charge on any atom is -0.491 e. The molecule has 24 heavy (non-hydrogen) atoms. The number of aryl methyl sites for hydroxylation is 1. The average molecular weight is 328 g/mol. The predicted octanol–water partition coefficient (Wildman–Crippen LogP) is 5.03. The Morgan fingerprint density at radius 3 is 2.46 bits per heavy atom. The zero-order valence-electron chi connectivity index (χ0n) is 13.6. The first-order valence-corrected chi connectivity index (χ1v) is 7.60. The molecule has 3 rings (SSSR count). The molecule has 5 heteroatoms. The van der Waals surface area contributed by atoms with Gasteiger partial charge in [-0.25, -0.2) is 9.18 Å². The highest BCUT2D eigenvalue weighted by molar-refractivity contribution is 6.09. The van der Waals surface area contributed by atoms with Crippen LogP contribution in [0.3, 0.4) is 0 Å². The maximum atomic E-state index is 13.1. The van der Waals surface area contributed by atoms with Gasteiger partial charge >= 0.3 is 5.97 Å². The lowest BCUT2D eigenvalue weighted by Crippen LogP contribution is -2.05. The summed E-state index contributed by atoms with van der Waals surface area (Å²) >= 11 is 0. The van der Waals surface area contributed by atoms with Gasteiger partial charge < -0.3 is 14.3 Å². The summed E-state index contributed by atoms with van der Waals surface area (Å²) in [5.74, 6) is -0.698. The molecular formula is C19H17FO4. The van der Waals surface area contributed by atoms with E-state index < -0.39 is 11.8 Å². The molecule has 0 radical (unpaired) electrons. The Labute approximate surface area is 138 Å². The molecule has 0 saturated carbocycles. The molecule has 2 aromatic carbocycles. The van der Waals surface area contributed by atoms with Crippen molar-refractivity contribution in [3.05, 3.63) is 53.3 Å². The van der Waals surface area contributed by atoms with Crippen molar-refractivity contribution in [1.29, 1.82) is 0 Å². The second kappa shape index (κ2) is 6.00. The monoisotopic (exact) mass is 328 g/mol. The van der Waals surface area contributed by atoms with Crippen LogP contribution >= 0.6 is 0 Å². The topological polar surface area (TPSA) is 59.7 Å². The van der Waals surface area contributed by atoms with Gasteiger partial charge in [0.1, 0.15) is 28.5 Å². The van der Waals surface area contributed by atoms with Crippen molar-refractivity contribution in [3.8, 4) is 17.1 Å². The molecule has 0 unspecified atom stereocenters. The summed E-state index contributed by atoms with van der Waals surface area (Å²) in [6.07, 6.45) is -0.0291. The van der Waals surface area contributed by atoms with Gasteiger partial charge in [0.25, 0.3) is 0 Å². The molecule has 1 heterocycles. The number of furan rings is 1. The van der Waals surface area contributed by atoms with E-state index in [0.717, 1.165) is 5.56 Å². The molecular weight excluding hydrogens is 311 g/mol. The summed E-state index contributed by atoms with van der Waals surface area (Å²) in [6.45, 7) is 5.63. The second-order valence-electron chi connectivity index (χ2n) is 5.90. The summed E-state index contributed by atoms with van der Waals surface area (Å²) in [5, 5.41) is 10.1. The van der Waals surface area contributed by atoms with E-state index >= 15 is 0 Å². The van der Waals surface area contributed by atoms with E-state index in [9.17, 15) is 14.3 Å². The fourth-order valence-corrected chi connectivity index (χ4v) is 2.69. The minimum absolute atomic E-state index is 0.0291. The number of carbonyl (C=O) groups is 1. The summed E-state index contributed by atoms with van der Waals surface area (Å²) in [5.41, 5.74) is 1.83. The van der Waals surface area contributed by atoms with Crippen LogP contribution in [0.25, 0.3) is 22.3 Å². The first-order valence-electron chi connectivity index (χ1n) is 7.60. The molecule has 0 saturated heterocycles. The SMILES string of the molecule is Cc1cc(OC(C)C)cc2c(C(=O)O)c(-c3ccc(F)cc3)oc12. The normalized spacial score (nSPS) is 11.2. The Balaban J connectivity index is 2.27. The van der Waals surface area contributed by atoms with Gasteiger partial charge in [0.05, 0.1) is 6.10 Å². The third kappa shape index (κ3) is 2.85. The van der Waals surface area contributed by atoms with Crippen molar-refractivity contribution in [2.24, 2.45) is 0 Å². The van der Waals surface area contributed by atoms with E-state index in [1.165, 1.54) is 24.3 Å². The molecule has 0 spiro atoms. The Morgan fingerprint density at radius 1 is 1.21 bits per heavy atom. The smallest absolute Gasteiger partial charge is 0.340 e. The lowest BCUT2D eigenvalue weighted by atomic mass is 10.0. The molecule has 0 bridgehead atoms. The van der Waals surface area contributed by atoms with E-state index in [0.29, 0.717) is 22.3 Å². The van der Waals surface area contributed by atoms with E-state index in [1.54, 1.807) is 6.07 Å². The highest BCUT2D eigenvalue weighted by Crippen LogP contribution is 2.37. The molecule has 1 N–H and O–H groups in total. The van der Waals surface area contributed by atoms with Crippen LogP contribution in [0.5, 0.6) is 5.75 Å². The fourth-order valence-electron chi connectivity index (χ4n) is 2.69. The quantitative estimate of drug-likeness (QED) is 0.729. The predicted molar refractivity (Wildman–Crippen MR) is 89.1 cm³/mol. The zero-order chi connectivity index (χ0) is 17.4. The van der Waals surface area contributed by atoms with Crippen LogP contribution in [-0.2, 0) is 0 Å².